The molecule has 324 valence electrons. The number of anilines is 2. The first kappa shape index (κ1) is 44.4. The van der Waals surface area contributed by atoms with Crippen LogP contribution in [0.3, 0.4) is 0 Å². The molecule has 1 aliphatic carbocycles. The fraction of sp³-hybridized carbons (Fsp3) is 0.568. The number of amides is 2. The van der Waals surface area contributed by atoms with Crippen LogP contribution in [-0.4, -0.2) is 117 Å². The van der Waals surface area contributed by atoms with Crippen molar-refractivity contribution in [1.29, 1.82) is 0 Å². The zero-order chi connectivity index (χ0) is 41.9. The Morgan fingerprint density at radius 2 is 1.68 bits per heavy atom. The molecule has 2 fully saturated rings. The van der Waals surface area contributed by atoms with Crippen molar-refractivity contribution >= 4 is 40.5 Å². The Morgan fingerprint density at radius 1 is 0.917 bits per heavy atom. The Hall–Kier alpha value is -5.19. The van der Waals surface area contributed by atoms with Crippen LogP contribution in [0.25, 0.3) is 10.9 Å². The van der Waals surface area contributed by atoms with E-state index in [1.54, 1.807) is 6.92 Å². The molecule has 2 aromatic heterocycles. The number of ether oxygens (including phenoxy) is 1. The van der Waals surface area contributed by atoms with Crippen LogP contribution in [0.5, 0.6) is 0 Å². The van der Waals surface area contributed by atoms with Crippen molar-refractivity contribution in [1.82, 2.24) is 45.4 Å². The highest BCUT2D eigenvalue weighted by atomic mass is 16.5. The minimum absolute atomic E-state index is 0.0442. The molecule has 2 amide bonds. The number of aryl methyl sites for hydroxylation is 1. The molecule has 1 saturated carbocycles. The zero-order valence-electron chi connectivity index (χ0n) is 35.2. The van der Waals surface area contributed by atoms with Crippen LogP contribution in [0, 0.1) is 0 Å². The van der Waals surface area contributed by atoms with Crippen molar-refractivity contribution in [3.8, 4) is 0 Å². The molecule has 2 aromatic carbocycles. The summed E-state index contributed by atoms with van der Waals surface area (Å²) in [7, 11) is 0. The van der Waals surface area contributed by atoms with E-state index in [-0.39, 0.29) is 50.4 Å². The summed E-state index contributed by atoms with van der Waals surface area (Å²) in [5, 5.41) is 23.8. The molecule has 1 aliphatic heterocycles. The van der Waals surface area contributed by atoms with Gasteiger partial charge in [0.15, 0.2) is 0 Å². The summed E-state index contributed by atoms with van der Waals surface area (Å²) in [6, 6.07) is 17.2. The van der Waals surface area contributed by atoms with Gasteiger partial charge in [0, 0.05) is 50.1 Å². The zero-order valence-corrected chi connectivity index (χ0v) is 35.2. The third-order valence-corrected chi connectivity index (χ3v) is 11.3. The standard InChI is InChI=1S/C44H64N12O4/c1-2-60-41(58)32-55(30-33-13-5-3-6-14-33)43(59)38(45)19-20-40(57)54-27-21-35(22-28-54)49-42-37-17-9-10-18-39(37)50-44(51-42)48-29-36-31-56(53-52-36)26-12-24-46-23-11-25-47-34-15-7-4-8-16-34/h3,5-6,9-10,13-14,17-18,31,34-35,38,46-47H,2,4,7-8,11-12,15-16,19-30,32,45H2,1H3,(H2,48,49,50,51)/t38-/m0/s1. The van der Waals surface area contributed by atoms with E-state index in [9.17, 15) is 14.4 Å². The van der Waals surface area contributed by atoms with Crippen molar-refractivity contribution in [2.24, 2.45) is 5.73 Å². The maximum absolute atomic E-state index is 13.4. The molecule has 0 bridgehead atoms. The second kappa shape index (κ2) is 23.6. The Bertz CT molecular complexity index is 1930. The molecule has 0 radical (unpaired) electrons. The lowest BCUT2D eigenvalue weighted by atomic mass is 9.95. The smallest absolute Gasteiger partial charge is 0.325 e. The molecular formula is C44H64N12O4. The van der Waals surface area contributed by atoms with Gasteiger partial charge in [-0.25, -0.2) is 4.98 Å². The summed E-state index contributed by atoms with van der Waals surface area (Å²) in [5.41, 5.74) is 8.83. The highest BCUT2D eigenvalue weighted by molar-refractivity contribution is 5.90. The fourth-order valence-electron chi connectivity index (χ4n) is 7.92. The van der Waals surface area contributed by atoms with E-state index in [0.717, 1.165) is 85.9 Å². The van der Waals surface area contributed by atoms with Gasteiger partial charge in [0.25, 0.3) is 0 Å². The quantitative estimate of drug-likeness (QED) is 0.0527. The number of nitrogens with one attached hydrogen (secondary N) is 4. The van der Waals surface area contributed by atoms with Crippen LogP contribution in [0.15, 0.2) is 60.8 Å². The second-order valence-electron chi connectivity index (χ2n) is 15.9. The van der Waals surface area contributed by atoms with Gasteiger partial charge in [-0.15, -0.1) is 5.10 Å². The summed E-state index contributed by atoms with van der Waals surface area (Å²) in [6.07, 6.45) is 12.7. The first-order valence-electron chi connectivity index (χ1n) is 22.0. The molecule has 4 aromatic rings. The molecule has 16 nitrogen and oxygen atoms in total. The van der Waals surface area contributed by atoms with Crippen molar-refractivity contribution < 1.29 is 19.1 Å². The molecule has 0 spiro atoms. The molecule has 3 heterocycles. The van der Waals surface area contributed by atoms with Gasteiger partial charge in [0.05, 0.1) is 30.9 Å². The third-order valence-electron chi connectivity index (χ3n) is 11.3. The van der Waals surface area contributed by atoms with Crippen LogP contribution in [0.2, 0.25) is 0 Å². The van der Waals surface area contributed by atoms with E-state index in [4.69, 9.17) is 20.4 Å². The number of nitrogens with zero attached hydrogens (tertiary/aromatic N) is 7. The number of carbonyl (C=O) groups is 3. The van der Waals surface area contributed by atoms with Crippen LogP contribution < -0.4 is 27.0 Å². The van der Waals surface area contributed by atoms with Crippen LogP contribution in [-0.2, 0) is 38.8 Å². The van der Waals surface area contributed by atoms with E-state index in [0.29, 0.717) is 25.6 Å². The number of carbonyl (C=O) groups excluding carboxylic acids is 3. The normalized spacial score (nSPS) is 15.5. The second-order valence-corrected chi connectivity index (χ2v) is 15.9. The average Bonchev–Trinajstić information content (AvgIpc) is 3.73. The average molecular weight is 825 g/mol. The van der Waals surface area contributed by atoms with Gasteiger partial charge in [-0.2, -0.15) is 4.98 Å². The maximum atomic E-state index is 13.4. The predicted octanol–water partition coefficient (Wildman–Crippen LogP) is 4.23. The molecule has 2 aliphatic rings. The number of hydrogen-bond donors (Lipinski definition) is 5. The lowest BCUT2D eigenvalue weighted by molar-refractivity contribution is -0.150. The van der Waals surface area contributed by atoms with Crippen LogP contribution >= 0.6 is 0 Å². The van der Waals surface area contributed by atoms with Gasteiger partial charge in [-0.05, 0) is 89.2 Å². The molecular weight excluding hydrogens is 761 g/mol. The van der Waals surface area contributed by atoms with E-state index < -0.39 is 12.0 Å². The Kier molecular flexibility index (Phi) is 17.4. The molecule has 0 unspecified atom stereocenters. The maximum Gasteiger partial charge on any atom is 0.325 e. The van der Waals surface area contributed by atoms with Crippen LogP contribution in [0.4, 0.5) is 11.8 Å². The van der Waals surface area contributed by atoms with Crippen molar-refractivity contribution in [2.75, 3.05) is 56.5 Å². The minimum atomic E-state index is -0.923. The summed E-state index contributed by atoms with van der Waals surface area (Å²) < 4.78 is 6.98. The predicted molar refractivity (Wildman–Crippen MR) is 233 cm³/mol. The number of benzene rings is 2. The first-order valence-corrected chi connectivity index (χ1v) is 22.0. The molecule has 1 saturated heterocycles. The molecule has 6 rings (SSSR count). The topological polar surface area (TPSA) is 198 Å². The Morgan fingerprint density at radius 3 is 2.48 bits per heavy atom. The van der Waals surface area contributed by atoms with E-state index in [1.807, 2.05) is 70.4 Å². The number of piperidine rings is 1. The number of nitrogens with two attached hydrogens (primary N) is 1. The van der Waals surface area contributed by atoms with Gasteiger partial charge in [-0.3, -0.25) is 19.1 Å². The van der Waals surface area contributed by atoms with E-state index in [2.05, 4.69) is 31.6 Å². The number of fused-ring (bicyclic) bond motifs is 1. The monoisotopic (exact) mass is 825 g/mol. The largest absolute Gasteiger partial charge is 0.465 e. The minimum Gasteiger partial charge on any atom is -0.465 e. The molecule has 16 heteroatoms. The summed E-state index contributed by atoms with van der Waals surface area (Å²) in [5.74, 6) is 0.304. The first-order chi connectivity index (χ1) is 29.3. The number of esters is 1. The summed E-state index contributed by atoms with van der Waals surface area (Å²) in [6.45, 7) is 7.38. The fourth-order valence-corrected chi connectivity index (χ4v) is 7.92. The van der Waals surface area contributed by atoms with Crippen molar-refractivity contribution in [2.45, 2.75) is 115 Å². The Labute approximate surface area is 353 Å². The number of aromatic nitrogens is 5. The van der Waals surface area contributed by atoms with Gasteiger partial charge in [0.1, 0.15) is 18.1 Å². The lowest BCUT2D eigenvalue weighted by Crippen LogP contribution is -2.47. The molecule has 6 N–H and O–H groups in total. The number of para-hydroxylation sites is 1. The number of likely N-dealkylation sites (tertiary alicyclic amines) is 1. The van der Waals surface area contributed by atoms with E-state index >= 15 is 0 Å². The van der Waals surface area contributed by atoms with Crippen molar-refractivity contribution in [3.05, 3.63) is 72.1 Å². The van der Waals surface area contributed by atoms with Gasteiger partial charge in [0.2, 0.25) is 17.8 Å². The molecule has 60 heavy (non-hydrogen) atoms. The Balaban J connectivity index is 0.920. The summed E-state index contributed by atoms with van der Waals surface area (Å²) >= 11 is 0. The highest BCUT2D eigenvalue weighted by Crippen LogP contribution is 2.25. The van der Waals surface area contributed by atoms with Gasteiger partial charge < -0.3 is 41.5 Å². The summed E-state index contributed by atoms with van der Waals surface area (Å²) in [4.78, 5) is 51.8. The van der Waals surface area contributed by atoms with Crippen molar-refractivity contribution in [3.63, 3.8) is 0 Å². The van der Waals surface area contributed by atoms with E-state index in [1.165, 1.54) is 37.0 Å². The van der Waals surface area contributed by atoms with Gasteiger partial charge in [-0.1, -0.05) is 66.9 Å². The number of rotatable bonds is 23. The highest BCUT2D eigenvalue weighted by Gasteiger charge is 2.28. The van der Waals surface area contributed by atoms with Gasteiger partial charge >= 0.3 is 5.97 Å². The molecule has 1 atom stereocenters. The van der Waals surface area contributed by atoms with Crippen LogP contribution in [0.1, 0.15) is 88.8 Å². The lowest BCUT2D eigenvalue weighted by Gasteiger charge is -2.33. The SMILES string of the molecule is CCOC(=O)CN(Cc1ccccc1)C(=O)[C@@H](N)CCC(=O)N1CCC(Nc2nc(NCc3cn(CCCNCCCNC4CCCCC4)nn3)nc3ccccc23)CC1. The third kappa shape index (κ3) is 13.9. The number of hydrogen-bond acceptors (Lipinski definition) is 13.